The van der Waals surface area contributed by atoms with Crippen LogP contribution in [0, 0.1) is 0 Å². The van der Waals surface area contributed by atoms with Gasteiger partial charge in [0.25, 0.3) is 0 Å². The minimum absolute atomic E-state index is 0. The summed E-state index contributed by atoms with van der Waals surface area (Å²) in [5, 5.41) is 0. The maximum atomic E-state index is 12.3. The normalized spacial score (nSPS) is 8.95. The van der Waals surface area contributed by atoms with E-state index in [2.05, 4.69) is 6.58 Å². The molecule has 0 amide bonds. The number of carbonyl (C=O) groups is 2. The molecular weight excluding hydrogens is 286 g/mol. The van der Waals surface area contributed by atoms with Crippen LogP contribution < -0.4 is 6.15 Å². The molecular formula is C17H18ClNO2. The van der Waals surface area contributed by atoms with E-state index in [1.165, 1.54) is 0 Å². The van der Waals surface area contributed by atoms with Crippen molar-refractivity contribution < 1.29 is 9.59 Å². The highest BCUT2D eigenvalue weighted by molar-refractivity contribution is 6.49. The number of ketones is 2. The summed E-state index contributed by atoms with van der Waals surface area (Å²) >= 11 is 0. The van der Waals surface area contributed by atoms with Crippen LogP contribution in [0.2, 0.25) is 0 Å². The third kappa shape index (κ3) is 4.38. The Morgan fingerprint density at radius 2 is 1.48 bits per heavy atom. The van der Waals surface area contributed by atoms with Gasteiger partial charge in [0, 0.05) is 11.1 Å². The van der Waals surface area contributed by atoms with Gasteiger partial charge in [-0.1, -0.05) is 60.7 Å². The van der Waals surface area contributed by atoms with Crippen LogP contribution in [0.1, 0.15) is 26.3 Å². The zero-order valence-electron chi connectivity index (χ0n) is 11.6. The van der Waals surface area contributed by atoms with Gasteiger partial charge in [0.1, 0.15) is 0 Å². The Balaban J connectivity index is 0.00000200. The molecule has 0 saturated carbocycles. The highest BCUT2D eigenvalue weighted by Gasteiger charge is 2.19. The van der Waals surface area contributed by atoms with Gasteiger partial charge in [-0.3, -0.25) is 9.59 Å². The second-order valence-electron chi connectivity index (χ2n) is 4.17. The zero-order valence-corrected chi connectivity index (χ0v) is 12.4. The first-order valence-corrected chi connectivity index (χ1v) is 6.07. The first kappa shape index (κ1) is 18.8. The second kappa shape index (κ2) is 8.84. The van der Waals surface area contributed by atoms with Crippen LogP contribution in [0.4, 0.5) is 0 Å². The highest BCUT2D eigenvalue weighted by atomic mass is 35.5. The number of Topliss-reactive ketones (excluding diaryl/α,β-unsaturated/α-hetero) is 2. The lowest BCUT2D eigenvalue weighted by atomic mass is 9.96. The molecule has 3 N–H and O–H groups in total. The quantitative estimate of drug-likeness (QED) is 0.514. The van der Waals surface area contributed by atoms with E-state index in [0.717, 1.165) is 5.56 Å². The standard InChI is InChI=1S/C17H14O2.ClH.H3N/c1-2-8-13-9-6-7-12-15(13)17(19)16(18)14-10-4-3-5-11-14;;/h2-7,9-12H,1,8H2;1H;1H3. The number of halogens is 1. The van der Waals surface area contributed by atoms with Crippen LogP contribution in [-0.4, -0.2) is 11.6 Å². The van der Waals surface area contributed by atoms with Crippen molar-refractivity contribution in [2.75, 3.05) is 0 Å². The van der Waals surface area contributed by atoms with Crippen molar-refractivity contribution in [3.63, 3.8) is 0 Å². The predicted molar refractivity (Wildman–Crippen MR) is 87.7 cm³/mol. The Morgan fingerprint density at radius 3 is 2.10 bits per heavy atom. The molecule has 0 aromatic heterocycles. The number of allylic oxidation sites excluding steroid dienone is 1. The van der Waals surface area contributed by atoms with Crippen molar-refractivity contribution >= 4 is 24.0 Å². The van der Waals surface area contributed by atoms with Gasteiger partial charge in [-0.25, -0.2) is 0 Å². The smallest absolute Gasteiger partial charge is 0.233 e. The van der Waals surface area contributed by atoms with Gasteiger partial charge in [-0.05, 0) is 12.0 Å². The summed E-state index contributed by atoms with van der Waals surface area (Å²) in [6, 6.07) is 15.7. The van der Waals surface area contributed by atoms with E-state index in [1.54, 1.807) is 42.5 Å². The number of rotatable bonds is 5. The minimum atomic E-state index is -0.475. The van der Waals surface area contributed by atoms with Crippen molar-refractivity contribution in [2.24, 2.45) is 0 Å². The Kier molecular flexibility index (Phi) is 7.91. The largest absolute Gasteiger partial charge is 0.344 e. The molecule has 0 heterocycles. The summed E-state index contributed by atoms with van der Waals surface area (Å²) in [6.07, 6.45) is 2.29. The van der Waals surface area contributed by atoms with E-state index in [0.29, 0.717) is 17.5 Å². The Morgan fingerprint density at radius 1 is 0.905 bits per heavy atom. The van der Waals surface area contributed by atoms with Crippen molar-refractivity contribution in [2.45, 2.75) is 6.42 Å². The molecule has 2 aromatic carbocycles. The van der Waals surface area contributed by atoms with E-state index in [9.17, 15) is 9.59 Å². The van der Waals surface area contributed by atoms with Crippen LogP contribution in [0.5, 0.6) is 0 Å². The number of benzene rings is 2. The summed E-state index contributed by atoms with van der Waals surface area (Å²) in [7, 11) is 0. The summed E-state index contributed by atoms with van der Waals surface area (Å²) in [4.78, 5) is 24.4. The van der Waals surface area contributed by atoms with Crippen LogP contribution in [0.25, 0.3) is 0 Å². The van der Waals surface area contributed by atoms with Gasteiger partial charge >= 0.3 is 0 Å². The molecule has 110 valence electrons. The summed E-state index contributed by atoms with van der Waals surface area (Å²) < 4.78 is 0. The van der Waals surface area contributed by atoms with Gasteiger partial charge < -0.3 is 6.15 Å². The molecule has 2 rings (SSSR count). The predicted octanol–water partition coefficient (Wildman–Crippen LogP) is 4.06. The Labute approximate surface area is 130 Å². The van der Waals surface area contributed by atoms with E-state index in [1.807, 2.05) is 18.2 Å². The maximum absolute atomic E-state index is 12.3. The fourth-order valence-corrected chi connectivity index (χ4v) is 1.92. The van der Waals surface area contributed by atoms with Gasteiger partial charge in [0.2, 0.25) is 11.6 Å². The molecule has 0 fully saturated rings. The topological polar surface area (TPSA) is 69.1 Å². The van der Waals surface area contributed by atoms with E-state index < -0.39 is 11.6 Å². The van der Waals surface area contributed by atoms with Crippen LogP contribution in [0.3, 0.4) is 0 Å². The molecule has 0 aliphatic rings. The molecule has 21 heavy (non-hydrogen) atoms. The summed E-state index contributed by atoms with van der Waals surface area (Å²) in [5.41, 5.74) is 1.70. The lowest BCUT2D eigenvalue weighted by molar-refractivity contribution is 0.0816. The molecule has 0 atom stereocenters. The van der Waals surface area contributed by atoms with Crippen molar-refractivity contribution in [3.8, 4) is 0 Å². The number of hydrogen-bond donors (Lipinski definition) is 1. The van der Waals surface area contributed by atoms with Crippen LogP contribution in [0.15, 0.2) is 67.3 Å². The average Bonchev–Trinajstić information content (AvgIpc) is 2.47. The third-order valence-corrected chi connectivity index (χ3v) is 2.87. The average molecular weight is 304 g/mol. The van der Waals surface area contributed by atoms with E-state index in [-0.39, 0.29) is 18.6 Å². The lowest BCUT2D eigenvalue weighted by Crippen LogP contribution is -2.16. The Hall–Kier alpha value is -2.23. The van der Waals surface area contributed by atoms with Crippen molar-refractivity contribution in [3.05, 3.63) is 83.9 Å². The fraction of sp³-hybridized carbons (Fsp3) is 0.0588. The molecule has 0 aliphatic carbocycles. The monoisotopic (exact) mass is 303 g/mol. The Bertz CT molecular complexity index is 624. The molecule has 4 heteroatoms. The number of hydrogen-bond acceptors (Lipinski definition) is 3. The van der Waals surface area contributed by atoms with Gasteiger partial charge in [-0.2, -0.15) is 0 Å². The molecule has 0 aliphatic heterocycles. The summed E-state index contributed by atoms with van der Waals surface area (Å²) in [6.45, 7) is 3.66. The molecule has 0 radical (unpaired) electrons. The molecule has 3 nitrogen and oxygen atoms in total. The molecule has 0 spiro atoms. The molecule has 0 unspecified atom stereocenters. The van der Waals surface area contributed by atoms with Gasteiger partial charge in [0.15, 0.2) is 0 Å². The first-order chi connectivity index (χ1) is 9.24. The van der Waals surface area contributed by atoms with E-state index >= 15 is 0 Å². The van der Waals surface area contributed by atoms with E-state index in [4.69, 9.17) is 0 Å². The van der Waals surface area contributed by atoms with Gasteiger partial charge in [0.05, 0.1) is 0 Å². The van der Waals surface area contributed by atoms with Crippen LogP contribution in [-0.2, 0) is 6.42 Å². The lowest BCUT2D eigenvalue weighted by Gasteiger charge is -2.06. The second-order valence-corrected chi connectivity index (χ2v) is 4.17. The number of carbonyl (C=O) groups excluding carboxylic acids is 2. The maximum Gasteiger partial charge on any atom is 0.233 e. The van der Waals surface area contributed by atoms with Crippen molar-refractivity contribution in [1.82, 2.24) is 6.15 Å². The third-order valence-electron chi connectivity index (χ3n) is 2.87. The minimum Gasteiger partial charge on any atom is -0.344 e. The summed E-state index contributed by atoms with van der Waals surface area (Å²) in [5.74, 6) is -0.944. The van der Waals surface area contributed by atoms with Gasteiger partial charge in [-0.15, -0.1) is 19.0 Å². The van der Waals surface area contributed by atoms with Crippen LogP contribution >= 0.6 is 12.4 Å². The molecule has 2 aromatic rings. The first-order valence-electron chi connectivity index (χ1n) is 6.07. The molecule has 0 saturated heterocycles. The zero-order chi connectivity index (χ0) is 13.7. The fourth-order valence-electron chi connectivity index (χ4n) is 1.92. The SMILES string of the molecule is C=CCc1ccccc1C(=O)C(=O)c1ccccc1.Cl.N. The van der Waals surface area contributed by atoms with Crippen molar-refractivity contribution in [1.29, 1.82) is 0 Å². The molecule has 0 bridgehead atoms. The highest BCUT2D eigenvalue weighted by Crippen LogP contribution is 2.14.